The third-order valence-electron chi connectivity index (χ3n) is 5.12. The minimum atomic E-state index is -0.121. The van der Waals surface area contributed by atoms with Gasteiger partial charge in [0.15, 0.2) is 0 Å². The van der Waals surface area contributed by atoms with Crippen molar-refractivity contribution >= 4 is 5.91 Å². The first kappa shape index (κ1) is 15.5. The molecule has 1 saturated heterocycles. The minimum Gasteiger partial charge on any atom is -0.352 e. The second-order valence-electron chi connectivity index (χ2n) is 7.05. The van der Waals surface area contributed by atoms with Crippen molar-refractivity contribution in [3.63, 3.8) is 0 Å². The lowest BCUT2D eigenvalue weighted by Crippen LogP contribution is -2.46. The van der Waals surface area contributed by atoms with Gasteiger partial charge in [-0.05, 0) is 43.7 Å². The van der Waals surface area contributed by atoms with Gasteiger partial charge in [0.05, 0.1) is 0 Å². The van der Waals surface area contributed by atoms with Crippen LogP contribution in [0.25, 0.3) is 0 Å². The van der Waals surface area contributed by atoms with E-state index >= 15 is 0 Å². The normalized spacial score (nSPS) is 25.0. The van der Waals surface area contributed by atoms with Crippen LogP contribution in [0.4, 0.5) is 0 Å². The van der Waals surface area contributed by atoms with Crippen LogP contribution in [0.5, 0.6) is 0 Å². The van der Waals surface area contributed by atoms with Gasteiger partial charge in [-0.15, -0.1) is 0 Å². The Morgan fingerprint density at radius 2 is 1.86 bits per heavy atom. The fourth-order valence-electron chi connectivity index (χ4n) is 3.97. The molecule has 2 atom stereocenters. The van der Waals surface area contributed by atoms with Crippen molar-refractivity contribution in [3.8, 4) is 0 Å². The second kappa shape index (κ2) is 7.28. The Labute approximate surface area is 134 Å². The van der Waals surface area contributed by atoms with Crippen molar-refractivity contribution in [2.75, 3.05) is 13.1 Å². The van der Waals surface area contributed by atoms with Crippen molar-refractivity contribution in [2.45, 2.75) is 57.5 Å². The average Bonchev–Trinajstić information content (AvgIpc) is 3.01. The zero-order valence-corrected chi connectivity index (χ0v) is 13.6. The largest absolute Gasteiger partial charge is 0.352 e. The quantitative estimate of drug-likeness (QED) is 0.923. The Balaban J connectivity index is 1.77. The highest BCUT2D eigenvalue weighted by atomic mass is 16.2. The molecule has 3 rings (SSSR count). The number of amides is 1. The van der Waals surface area contributed by atoms with E-state index in [1.165, 1.54) is 25.7 Å². The summed E-state index contributed by atoms with van der Waals surface area (Å²) in [6.07, 6.45) is 7.26. The summed E-state index contributed by atoms with van der Waals surface area (Å²) in [7, 11) is 0. The van der Waals surface area contributed by atoms with Gasteiger partial charge >= 0.3 is 0 Å². The Bertz CT molecular complexity index is 481. The number of nitrogens with one attached hydrogen (secondary N) is 1. The topological polar surface area (TPSA) is 32.3 Å². The van der Waals surface area contributed by atoms with Gasteiger partial charge in [-0.1, -0.05) is 50.1 Å². The Kier molecular flexibility index (Phi) is 5.14. The molecule has 3 nitrogen and oxygen atoms in total. The molecule has 1 aromatic rings. The molecule has 1 amide bonds. The molecule has 3 heteroatoms. The molecule has 2 aliphatic rings. The molecule has 0 aromatic heterocycles. The number of hydrogen-bond acceptors (Lipinski definition) is 2. The van der Waals surface area contributed by atoms with Gasteiger partial charge in [0, 0.05) is 12.6 Å². The molecule has 1 aliphatic carbocycles. The molecule has 22 heavy (non-hydrogen) atoms. The molecule has 1 N–H and O–H groups in total. The molecule has 2 fully saturated rings. The van der Waals surface area contributed by atoms with E-state index in [-0.39, 0.29) is 11.9 Å². The maximum atomic E-state index is 13.0. The van der Waals surface area contributed by atoms with Crippen molar-refractivity contribution < 1.29 is 4.79 Å². The number of carbonyl (C=O) groups excluding carboxylic acids is 1. The highest BCUT2D eigenvalue weighted by Gasteiger charge is 2.32. The molecule has 0 unspecified atom stereocenters. The minimum absolute atomic E-state index is 0.121. The summed E-state index contributed by atoms with van der Waals surface area (Å²) in [5.74, 6) is 0.881. The standard InChI is InChI=1S/C19H28N2O/c1-15-8-7-13-21(14-15)18(16-9-3-2-4-10-16)19(22)20-17-11-5-6-12-17/h2-4,9-10,15,17-18H,5-8,11-14H2,1H3,(H,20,22)/t15-,18+/m1/s1. The van der Waals surface area contributed by atoms with E-state index in [9.17, 15) is 4.79 Å². The van der Waals surface area contributed by atoms with Crippen LogP contribution in [0.3, 0.4) is 0 Å². The maximum absolute atomic E-state index is 13.0. The predicted molar refractivity (Wildman–Crippen MR) is 89.6 cm³/mol. The lowest BCUT2D eigenvalue weighted by atomic mass is 9.95. The number of likely N-dealkylation sites (tertiary alicyclic amines) is 1. The number of carbonyl (C=O) groups is 1. The smallest absolute Gasteiger partial charge is 0.242 e. The van der Waals surface area contributed by atoms with Gasteiger partial charge in [-0.2, -0.15) is 0 Å². The van der Waals surface area contributed by atoms with Crippen molar-refractivity contribution in [1.29, 1.82) is 0 Å². The van der Waals surface area contributed by atoms with Gasteiger partial charge in [-0.25, -0.2) is 0 Å². The second-order valence-corrected chi connectivity index (χ2v) is 7.05. The van der Waals surface area contributed by atoms with E-state index in [4.69, 9.17) is 0 Å². The van der Waals surface area contributed by atoms with Crippen LogP contribution in [0.15, 0.2) is 30.3 Å². The lowest BCUT2D eigenvalue weighted by Gasteiger charge is -2.37. The molecule has 1 heterocycles. The highest BCUT2D eigenvalue weighted by Crippen LogP contribution is 2.28. The van der Waals surface area contributed by atoms with Gasteiger partial charge in [0.1, 0.15) is 6.04 Å². The Morgan fingerprint density at radius 1 is 1.14 bits per heavy atom. The lowest BCUT2D eigenvalue weighted by molar-refractivity contribution is -0.128. The molecule has 1 aliphatic heterocycles. The van der Waals surface area contributed by atoms with E-state index in [0.717, 1.165) is 31.5 Å². The molecule has 0 radical (unpaired) electrons. The average molecular weight is 300 g/mol. The number of benzene rings is 1. The first-order chi connectivity index (χ1) is 10.7. The van der Waals surface area contributed by atoms with Crippen LogP contribution in [0.2, 0.25) is 0 Å². The number of nitrogens with zero attached hydrogens (tertiary/aromatic N) is 1. The van der Waals surface area contributed by atoms with E-state index in [1.54, 1.807) is 0 Å². The van der Waals surface area contributed by atoms with E-state index in [1.807, 2.05) is 18.2 Å². The molecule has 0 bridgehead atoms. The highest BCUT2D eigenvalue weighted by molar-refractivity contribution is 5.83. The summed E-state index contributed by atoms with van der Waals surface area (Å²) in [6.45, 7) is 4.35. The first-order valence-electron chi connectivity index (χ1n) is 8.83. The van der Waals surface area contributed by atoms with Crippen LogP contribution in [0.1, 0.15) is 57.1 Å². The van der Waals surface area contributed by atoms with Crippen LogP contribution < -0.4 is 5.32 Å². The van der Waals surface area contributed by atoms with E-state index in [2.05, 4.69) is 29.3 Å². The van der Waals surface area contributed by atoms with Crippen LogP contribution in [-0.2, 0) is 4.79 Å². The molecule has 1 aromatic carbocycles. The molecule has 120 valence electrons. The summed E-state index contributed by atoms with van der Waals surface area (Å²) in [4.78, 5) is 15.3. The summed E-state index contributed by atoms with van der Waals surface area (Å²) < 4.78 is 0. The first-order valence-corrected chi connectivity index (χ1v) is 8.83. The van der Waals surface area contributed by atoms with Crippen molar-refractivity contribution in [3.05, 3.63) is 35.9 Å². The maximum Gasteiger partial charge on any atom is 0.242 e. The number of rotatable bonds is 4. The summed E-state index contributed by atoms with van der Waals surface area (Å²) >= 11 is 0. The molecule has 1 saturated carbocycles. The monoisotopic (exact) mass is 300 g/mol. The Hall–Kier alpha value is -1.35. The Morgan fingerprint density at radius 3 is 2.55 bits per heavy atom. The SMILES string of the molecule is C[C@@H]1CCCN([C@H](C(=O)NC2CCCC2)c2ccccc2)C1. The summed E-state index contributed by atoms with van der Waals surface area (Å²) in [5, 5.41) is 3.31. The van der Waals surface area contributed by atoms with Crippen molar-refractivity contribution in [1.82, 2.24) is 10.2 Å². The zero-order valence-electron chi connectivity index (χ0n) is 13.6. The third kappa shape index (κ3) is 3.70. The van der Waals surface area contributed by atoms with Crippen LogP contribution in [0, 0.1) is 5.92 Å². The fourth-order valence-corrected chi connectivity index (χ4v) is 3.97. The van der Waals surface area contributed by atoms with E-state index < -0.39 is 0 Å². The van der Waals surface area contributed by atoms with E-state index in [0.29, 0.717) is 12.0 Å². The van der Waals surface area contributed by atoms with Crippen LogP contribution in [-0.4, -0.2) is 29.9 Å². The van der Waals surface area contributed by atoms with Crippen LogP contribution >= 0.6 is 0 Å². The number of piperidine rings is 1. The van der Waals surface area contributed by atoms with Gasteiger partial charge < -0.3 is 5.32 Å². The van der Waals surface area contributed by atoms with Gasteiger partial charge in [-0.3, -0.25) is 9.69 Å². The third-order valence-corrected chi connectivity index (χ3v) is 5.12. The number of hydrogen-bond donors (Lipinski definition) is 1. The van der Waals surface area contributed by atoms with Gasteiger partial charge in [0.2, 0.25) is 5.91 Å². The zero-order chi connectivity index (χ0) is 15.4. The molecular formula is C19H28N2O. The van der Waals surface area contributed by atoms with Crippen molar-refractivity contribution in [2.24, 2.45) is 5.92 Å². The predicted octanol–water partition coefficient (Wildman–Crippen LogP) is 3.52. The van der Waals surface area contributed by atoms with Gasteiger partial charge in [0.25, 0.3) is 0 Å². The molecule has 0 spiro atoms. The molecular weight excluding hydrogens is 272 g/mol. The summed E-state index contributed by atoms with van der Waals surface area (Å²) in [5.41, 5.74) is 1.13. The fraction of sp³-hybridized carbons (Fsp3) is 0.632. The summed E-state index contributed by atoms with van der Waals surface area (Å²) in [6, 6.07) is 10.6.